The Kier molecular flexibility index (Phi) is 5.06. The molecule has 1 aliphatic heterocycles. The summed E-state index contributed by atoms with van der Waals surface area (Å²) in [5.74, 6) is 0. The summed E-state index contributed by atoms with van der Waals surface area (Å²) in [5.41, 5.74) is 5.87. The van der Waals surface area contributed by atoms with Crippen molar-refractivity contribution in [1.82, 2.24) is 0 Å². The second-order valence-electron chi connectivity index (χ2n) is 3.51. The van der Waals surface area contributed by atoms with E-state index in [0.29, 0.717) is 5.41 Å². The van der Waals surface area contributed by atoms with E-state index in [4.69, 9.17) is 10.5 Å². The Morgan fingerprint density at radius 2 is 2.27 bits per heavy atom. The summed E-state index contributed by atoms with van der Waals surface area (Å²) >= 11 is 0. The van der Waals surface area contributed by atoms with Crippen LogP contribution in [0.5, 0.6) is 0 Å². The summed E-state index contributed by atoms with van der Waals surface area (Å²) in [5, 5.41) is 0. The van der Waals surface area contributed by atoms with Crippen molar-refractivity contribution >= 4 is 12.4 Å². The molecule has 0 unspecified atom stereocenters. The maximum absolute atomic E-state index is 5.49. The van der Waals surface area contributed by atoms with Gasteiger partial charge in [-0.1, -0.05) is 6.92 Å². The Balaban J connectivity index is 0.000001000. The molecule has 1 atom stereocenters. The normalized spacial score (nSPS) is 31.1. The zero-order valence-electron chi connectivity index (χ0n) is 7.14. The highest BCUT2D eigenvalue weighted by Gasteiger charge is 2.26. The van der Waals surface area contributed by atoms with Crippen molar-refractivity contribution in [1.29, 1.82) is 0 Å². The van der Waals surface area contributed by atoms with E-state index in [9.17, 15) is 0 Å². The Morgan fingerprint density at radius 1 is 1.55 bits per heavy atom. The minimum atomic E-state index is 0. The van der Waals surface area contributed by atoms with Crippen molar-refractivity contribution in [2.75, 3.05) is 19.8 Å². The number of ether oxygens (including phenoxy) is 1. The molecule has 1 rings (SSSR count). The number of hydrogen-bond donors (Lipinski definition) is 1. The van der Waals surface area contributed by atoms with Gasteiger partial charge in [-0.15, -0.1) is 12.4 Å². The van der Waals surface area contributed by atoms with Crippen LogP contribution in [0.1, 0.15) is 26.2 Å². The van der Waals surface area contributed by atoms with Gasteiger partial charge in [-0.2, -0.15) is 0 Å². The van der Waals surface area contributed by atoms with Gasteiger partial charge in [-0.3, -0.25) is 0 Å². The van der Waals surface area contributed by atoms with E-state index in [-0.39, 0.29) is 12.4 Å². The maximum atomic E-state index is 5.49. The molecule has 68 valence electrons. The van der Waals surface area contributed by atoms with E-state index in [1.807, 2.05) is 0 Å². The van der Waals surface area contributed by atoms with Crippen LogP contribution >= 0.6 is 12.4 Å². The highest BCUT2D eigenvalue weighted by atomic mass is 35.5. The molecular formula is C8H18ClNO. The lowest BCUT2D eigenvalue weighted by molar-refractivity contribution is -0.000606. The SMILES string of the molecule is C[C@]1(CCN)CCCOC1.Cl. The third-order valence-electron chi connectivity index (χ3n) is 2.27. The lowest BCUT2D eigenvalue weighted by atomic mass is 9.82. The fourth-order valence-electron chi connectivity index (χ4n) is 1.54. The first-order chi connectivity index (χ1) is 4.77. The zero-order chi connectivity index (χ0) is 7.45. The third kappa shape index (κ3) is 3.41. The lowest BCUT2D eigenvalue weighted by Crippen LogP contribution is -2.30. The van der Waals surface area contributed by atoms with Crippen LogP contribution in [0.15, 0.2) is 0 Å². The first-order valence-corrected chi connectivity index (χ1v) is 4.05. The quantitative estimate of drug-likeness (QED) is 0.699. The average Bonchev–Trinajstić information content (AvgIpc) is 1.89. The molecule has 0 bridgehead atoms. The van der Waals surface area contributed by atoms with Crippen LogP contribution in [-0.2, 0) is 4.74 Å². The Hall–Kier alpha value is 0.210. The summed E-state index contributed by atoms with van der Waals surface area (Å²) in [6, 6.07) is 0. The van der Waals surface area contributed by atoms with Gasteiger partial charge in [-0.05, 0) is 31.2 Å². The number of hydrogen-bond acceptors (Lipinski definition) is 2. The van der Waals surface area contributed by atoms with Crippen molar-refractivity contribution in [3.63, 3.8) is 0 Å². The van der Waals surface area contributed by atoms with Crippen molar-refractivity contribution in [3.8, 4) is 0 Å². The predicted molar refractivity (Wildman–Crippen MR) is 49.1 cm³/mol. The van der Waals surface area contributed by atoms with Crippen molar-refractivity contribution in [2.45, 2.75) is 26.2 Å². The topological polar surface area (TPSA) is 35.2 Å². The first kappa shape index (κ1) is 11.2. The van der Waals surface area contributed by atoms with E-state index in [1.54, 1.807) is 0 Å². The van der Waals surface area contributed by atoms with Gasteiger partial charge in [0.15, 0.2) is 0 Å². The lowest BCUT2D eigenvalue weighted by Gasteiger charge is -2.32. The minimum Gasteiger partial charge on any atom is -0.381 e. The number of nitrogens with two attached hydrogens (primary N) is 1. The van der Waals surface area contributed by atoms with Crippen LogP contribution < -0.4 is 5.73 Å². The minimum absolute atomic E-state index is 0. The largest absolute Gasteiger partial charge is 0.381 e. The van der Waals surface area contributed by atoms with Crippen LogP contribution in [0.4, 0.5) is 0 Å². The molecule has 0 aromatic rings. The Morgan fingerprint density at radius 3 is 2.73 bits per heavy atom. The fourth-order valence-corrected chi connectivity index (χ4v) is 1.54. The molecule has 11 heavy (non-hydrogen) atoms. The second-order valence-corrected chi connectivity index (χ2v) is 3.51. The average molecular weight is 180 g/mol. The molecule has 0 aromatic carbocycles. The van der Waals surface area contributed by atoms with Gasteiger partial charge in [0.1, 0.15) is 0 Å². The van der Waals surface area contributed by atoms with Crippen LogP contribution in [0.3, 0.4) is 0 Å². The number of rotatable bonds is 2. The molecule has 2 N–H and O–H groups in total. The van der Waals surface area contributed by atoms with Gasteiger partial charge < -0.3 is 10.5 Å². The smallest absolute Gasteiger partial charge is 0.0520 e. The molecule has 0 aromatic heterocycles. The summed E-state index contributed by atoms with van der Waals surface area (Å²) < 4.78 is 5.38. The molecule has 2 nitrogen and oxygen atoms in total. The Bertz CT molecular complexity index is 96.8. The van der Waals surface area contributed by atoms with E-state index < -0.39 is 0 Å². The maximum Gasteiger partial charge on any atom is 0.0520 e. The fraction of sp³-hybridized carbons (Fsp3) is 1.00. The summed E-state index contributed by atoms with van der Waals surface area (Å²) in [4.78, 5) is 0. The van der Waals surface area contributed by atoms with E-state index >= 15 is 0 Å². The van der Waals surface area contributed by atoms with Gasteiger partial charge in [0.05, 0.1) is 6.61 Å². The molecule has 1 aliphatic rings. The summed E-state index contributed by atoms with van der Waals surface area (Å²) in [7, 11) is 0. The third-order valence-corrected chi connectivity index (χ3v) is 2.27. The molecule has 0 aliphatic carbocycles. The van der Waals surface area contributed by atoms with Gasteiger partial charge >= 0.3 is 0 Å². The van der Waals surface area contributed by atoms with E-state index in [2.05, 4.69) is 6.92 Å². The van der Waals surface area contributed by atoms with Crippen molar-refractivity contribution < 1.29 is 4.74 Å². The van der Waals surface area contributed by atoms with Gasteiger partial charge in [-0.25, -0.2) is 0 Å². The van der Waals surface area contributed by atoms with Crippen LogP contribution in [0.2, 0.25) is 0 Å². The van der Waals surface area contributed by atoms with E-state index in [1.165, 1.54) is 12.8 Å². The molecule has 0 spiro atoms. The standard InChI is InChI=1S/C8H17NO.ClH/c1-8(4-5-9)3-2-6-10-7-8;/h2-7,9H2,1H3;1H/t8-;/m1./s1. The van der Waals surface area contributed by atoms with Crippen molar-refractivity contribution in [3.05, 3.63) is 0 Å². The predicted octanol–water partition coefficient (Wildman–Crippen LogP) is 1.57. The molecular weight excluding hydrogens is 162 g/mol. The van der Waals surface area contributed by atoms with Gasteiger partial charge in [0, 0.05) is 6.61 Å². The van der Waals surface area contributed by atoms with Crippen LogP contribution in [-0.4, -0.2) is 19.8 Å². The molecule has 3 heteroatoms. The summed E-state index contributed by atoms with van der Waals surface area (Å²) in [6.45, 7) is 4.91. The van der Waals surface area contributed by atoms with Crippen LogP contribution in [0.25, 0.3) is 0 Å². The van der Waals surface area contributed by atoms with E-state index in [0.717, 1.165) is 26.2 Å². The molecule has 0 amide bonds. The zero-order valence-corrected chi connectivity index (χ0v) is 7.95. The highest BCUT2D eigenvalue weighted by molar-refractivity contribution is 5.85. The van der Waals surface area contributed by atoms with Crippen LogP contribution in [0, 0.1) is 5.41 Å². The monoisotopic (exact) mass is 179 g/mol. The number of halogens is 1. The summed E-state index contributed by atoms with van der Waals surface area (Å²) in [6.07, 6.45) is 3.59. The molecule has 1 fully saturated rings. The van der Waals surface area contributed by atoms with Gasteiger partial charge in [0.25, 0.3) is 0 Å². The van der Waals surface area contributed by atoms with Gasteiger partial charge in [0.2, 0.25) is 0 Å². The molecule has 0 saturated carbocycles. The first-order valence-electron chi connectivity index (χ1n) is 4.05. The Labute approximate surface area is 74.9 Å². The highest BCUT2D eigenvalue weighted by Crippen LogP contribution is 2.30. The molecule has 1 saturated heterocycles. The van der Waals surface area contributed by atoms with Crippen molar-refractivity contribution in [2.24, 2.45) is 11.1 Å². The molecule has 1 heterocycles. The second kappa shape index (κ2) is 4.96. The molecule has 0 radical (unpaired) electrons.